The predicted molar refractivity (Wildman–Crippen MR) is 95.1 cm³/mol. The fourth-order valence-electron chi connectivity index (χ4n) is 3.18. The van der Waals surface area contributed by atoms with E-state index in [1.54, 1.807) is 17.0 Å². The summed E-state index contributed by atoms with van der Waals surface area (Å²) in [7, 11) is 0. The van der Waals surface area contributed by atoms with E-state index in [-0.39, 0.29) is 17.7 Å². The van der Waals surface area contributed by atoms with Gasteiger partial charge in [-0.2, -0.15) is 5.26 Å². The van der Waals surface area contributed by atoms with Crippen molar-refractivity contribution in [3.8, 4) is 11.8 Å². The third-order valence-corrected chi connectivity index (χ3v) is 4.59. The number of hydrogen-bond acceptors (Lipinski definition) is 4. The lowest BCUT2D eigenvalue weighted by atomic mass is 10.1. The number of phenolic OH excluding ortho intramolecular Hbond substituents is 1. The van der Waals surface area contributed by atoms with Crippen LogP contribution in [0.2, 0.25) is 0 Å². The molecule has 5 nitrogen and oxygen atoms in total. The Morgan fingerprint density at radius 2 is 1.80 bits per heavy atom. The normalized spacial score (nSPS) is 16.2. The van der Waals surface area contributed by atoms with E-state index in [4.69, 9.17) is 0 Å². The van der Waals surface area contributed by atoms with E-state index >= 15 is 0 Å². The Morgan fingerprint density at radius 3 is 2.40 bits per heavy atom. The van der Waals surface area contributed by atoms with Crippen LogP contribution in [0, 0.1) is 18.3 Å². The first-order chi connectivity index (χ1) is 12.1. The largest absolute Gasteiger partial charge is 0.507 e. The van der Waals surface area contributed by atoms with Crippen molar-refractivity contribution in [3.05, 3.63) is 65.2 Å². The number of aryl methyl sites for hydroxylation is 1. The summed E-state index contributed by atoms with van der Waals surface area (Å²) in [6.45, 7) is 4.21. The fraction of sp³-hybridized carbons (Fsp3) is 0.300. The number of aromatic hydroxyl groups is 1. The van der Waals surface area contributed by atoms with Gasteiger partial charge in [-0.15, -0.1) is 0 Å². The summed E-state index contributed by atoms with van der Waals surface area (Å²) in [5.41, 5.74) is 2.22. The van der Waals surface area contributed by atoms with Gasteiger partial charge in [0.25, 0.3) is 5.91 Å². The zero-order valence-corrected chi connectivity index (χ0v) is 14.2. The molecule has 0 aliphatic carbocycles. The van der Waals surface area contributed by atoms with Crippen LogP contribution in [0.3, 0.4) is 0 Å². The van der Waals surface area contributed by atoms with Crippen molar-refractivity contribution in [2.45, 2.75) is 13.0 Å². The fourth-order valence-corrected chi connectivity index (χ4v) is 3.18. The quantitative estimate of drug-likeness (QED) is 0.936. The van der Waals surface area contributed by atoms with Gasteiger partial charge in [-0.3, -0.25) is 9.69 Å². The van der Waals surface area contributed by atoms with Crippen LogP contribution in [-0.2, 0) is 0 Å². The van der Waals surface area contributed by atoms with Gasteiger partial charge in [0.2, 0.25) is 0 Å². The number of amides is 1. The third-order valence-electron chi connectivity index (χ3n) is 4.59. The van der Waals surface area contributed by atoms with Gasteiger partial charge in [-0.25, -0.2) is 0 Å². The van der Waals surface area contributed by atoms with Crippen molar-refractivity contribution >= 4 is 5.91 Å². The van der Waals surface area contributed by atoms with E-state index < -0.39 is 0 Å². The van der Waals surface area contributed by atoms with Crippen LogP contribution >= 0.6 is 0 Å². The highest BCUT2D eigenvalue weighted by molar-refractivity contribution is 5.97. The Bertz CT molecular complexity index is 790. The summed E-state index contributed by atoms with van der Waals surface area (Å²) in [5.74, 6) is -0.142. The van der Waals surface area contributed by atoms with Crippen molar-refractivity contribution in [2.24, 2.45) is 0 Å². The van der Waals surface area contributed by atoms with E-state index in [1.807, 2.05) is 43.3 Å². The molecule has 1 aliphatic heterocycles. The summed E-state index contributed by atoms with van der Waals surface area (Å²) in [6, 6.07) is 16.9. The molecular formula is C20H21N3O2. The minimum absolute atomic E-state index is 0.0200. The molecule has 25 heavy (non-hydrogen) atoms. The smallest absolute Gasteiger partial charge is 0.257 e. The Hall–Kier alpha value is -2.84. The highest BCUT2D eigenvalue weighted by Gasteiger charge is 2.28. The molecule has 0 unspecified atom stereocenters. The predicted octanol–water partition coefficient (Wildman–Crippen LogP) is 2.72. The van der Waals surface area contributed by atoms with Crippen molar-refractivity contribution < 1.29 is 9.90 Å². The zero-order chi connectivity index (χ0) is 17.8. The molecule has 1 heterocycles. The second kappa shape index (κ2) is 7.37. The zero-order valence-electron chi connectivity index (χ0n) is 14.2. The Labute approximate surface area is 147 Å². The molecule has 5 heteroatoms. The van der Waals surface area contributed by atoms with Gasteiger partial charge >= 0.3 is 0 Å². The molecule has 1 amide bonds. The van der Waals surface area contributed by atoms with Crippen LogP contribution in [0.4, 0.5) is 0 Å². The number of phenols is 1. The molecule has 0 spiro atoms. The van der Waals surface area contributed by atoms with E-state index in [9.17, 15) is 15.2 Å². The molecule has 1 N–H and O–H groups in total. The molecule has 2 aromatic rings. The van der Waals surface area contributed by atoms with Gasteiger partial charge in [-0.05, 0) is 30.2 Å². The van der Waals surface area contributed by atoms with Gasteiger partial charge < -0.3 is 10.0 Å². The lowest BCUT2D eigenvalue weighted by Crippen LogP contribution is -2.49. The molecule has 1 fully saturated rings. The number of carbonyl (C=O) groups is 1. The number of benzene rings is 2. The summed E-state index contributed by atoms with van der Waals surface area (Å²) >= 11 is 0. The number of piperazine rings is 1. The van der Waals surface area contributed by atoms with Crippen molar-refractivity contribution in [1.29, 1.82) is 5.26 Å². The summed E-state index contributed by atoms with van der Waals surface area (Å²) in [4.78, 5) is 16.5. The van der Waals surface area contributed by atoms with Gasteiger partial charge in [0, 0.05) is 26.2 Å². The lowest BCUT2D eigenvalue weighted by Gasteiger charge is -2.37. The van der Waals surface area contributed by atoms with E-state index in [0.717, 1.165) is 11.1 Å². The molecule has 0 radical (unpaired) electrons. The number of nitrogens with zero attached hydrogens (tertiary/aromatic N) is 3. The van der Waals surface area contributed by atoms with Crippen LogP contribution in [0.5, 0.6) is 5.75 Å². The molecule has 1 saturated heterocycles. The highest BCUT2D eigenvalue weighted by Crippen LogP contribution is 2.24. The standard InChI is InChI=1S/C20H21N3O2/c1-15-7-8-17(19(24)13-15)20(25)23-11-9-22(10-12-23)18(14-21)16-5-3-2-4-6-16/h2-8,13,18,24H,9-12H2,1H3/t18-/m1/s1. The van der Waals surface area contributed by atoms with E-state index in [0.29, 0.717) is 31.7 Å². The average molecular weight is 335 g/mol. The molecule has 3 rings (SSSR count). The SMILES string of the molecule is Cc1ccc(C(=O)N2CCN([C@H](C#N)c3ccccc3)CC2)c(O)c1. The van der Waals surface area contributed by atoms with Crippen LogP contribution < -0.4 is 0 Å². The first-order valence-electron chi connectivity index (χ1n) is 8.37. The van der Waals surface area contributed by atoms with Crippen LogP contribution in [0.15, 0.2) is 48.5 Å². The van der Waals surface area contributed by atoms with Gasteiger partial charge in [0.05, 0.1) is 11.6 Å². The number of carbonyl (C=O) groups excluding carboxylic acids is 1. The molecular weight excluding hydrogens is 314 g/mol. The summed E-state index contributed by atoms with van der Waals surface area (Å²) < 4.78 is 0. The topological polar surface area (TPSA) is 67.6 Å². The number of hydrogen-bond donors (Lipinski definition) is 1. The van der Waals surface area contributed by atoms with Crippen molar-refractivity contribution in [3.63, 3.8) is 0 Å². The number of nitriles is 1. The maximum atomic E-state index is 12.6. The Kier molecular flexibility index (Phi) is 5.01. The van der Waals surface area contributed by atoms with E-state index in [1.165, 1.54) is 0 Å². The molecule has 128 valence electrons. The first kappa shape index (κ1) is 17.0. The molecule has 0 aromatic heterocycles. The third kappa shape index (κ3) is 3.65. The van der Waals surface area contributed by atoms with Crippen molar-refractivity contribution in [1.82, 2.24) is 9.80 Å². The molecule has 0 saturated carbocycles. The minimum atomic E-state index is -0.300. The monoisotopic (exact) mass is 335 g/mol. The lowest BCUT2D eigenvalue weighted by molar-refractivity contribution is 0.0603. The summed E-state index contributed by atoms with van der Waals surface area (Å²) in [5, 5.41) is 19.6. The van der Waals surface area contributed by atoms with Gasteiger partial charge in [0.1, 0.15) is 11.8 Å². The second-order valence-corrected chi connectivity index (χ2v) is 6.29. The molecule has 1 atom stereocenters. The van der Waals surface area contributed by atoms with Crippen LogP contribution in [-0.4, -0.2) is 47.0 Å². The van der Waals surface area contributed by atoms with Gasteiger partial charge in [-0.1, -0.05) is 36.4 Å². The number of rotatable bonds is 3. The average Bonchev–Trinajstić information content (AvgIpc) is 2.63. The Balaban J connectivity index is 1.67. The van der Waals surface area contributed by atoms with Crippen LogP contribution in [0.25, 0.3) is 0 Å². The van der Waals surface area contributed by atoms with Crippen LogP contribution in [0.1, 0.15) is 27.5 Å². The van der Waals surface area contributed by atoms with Crippen molar-refractivity contribution in [2.75, 3.05) is 26.2 Å². The first-order valence-corrected chi connectivity index (χ1v) is 8.37. The maximum absolute atomic E-state index is 12.6. The molecule has 0 bridgehead atoms. The van der Waals surface area contributed by atoms with Gasteiger partial charge in [0.15, 0.2) is 0 Å². The molecule has 2 aromatic carbocycles. The molecule has 1 aliphatic rings. The minimum Gasteiger partial charge on any atom is -0.507 e. The second-order valence-electron chi connectivity index (χ2n) is 6.29. The van der Waals surface area contributed by atoms with E-state index in [2.05, 4.69) is 11.0 Å². The highest BCUT2D eigenvalue weighted by atomic mass is 16.3. The maximum Gasteiger partial charge on any atom is 0.257 e. The summed E-state index contributed by atoms with van der Waals surface area (Å²) in [6.07, 6.45) is 0. The Morgan fingerprint density at radius 1 is 1.12 bits per heavy atom.